The summed E-state index contributed by atoms with van der Waals surface area (Å²) in [6, 6.07) is 58.6. The molecule has 44 heavy (non-hydrogen) atoms. The van der Waals surface area contributed by atoms with Crippen LogP contribution in [0.3, 0.4) is 0 Å². The van der Waals surface area contributed by atoms with E-state index in [4.69, 9.17) is 4.42 Å². The molecule has 0 unspecified atom stereocenters. The summed E-state index contributed by atoms with van der Waals surface area (Å²) in [6.07, 6.45) is 0. The predicted molar refractivity (Wildman–Crippen MR) is 186 cm³/mol. The van der Waals surface area contributed by atoms with E-state index in [0.717, 1.165) is 39.0 Å². The molecule has 0 bridgehead atoms. The van der Waals surface area contributed by atoms with Crippen LogP contribution in [-0.2, 0) is 0 Å². The lowest BCUT2D eigenvalue weighted by Crippen LogP contribution is -2.11. The monoisotopic (exact) mass is 561 g/mol. The summed E-state index contributed by atoms with van der Waals surface area (Å²) in [4.78, 5) is 2.37. The number of fused-ring (bicyclic) bond motifs is 7. The van der Waals surface area contributed by atoms with Gasteiger partial charge in [-0.05, 0) is 80.3 Å². The van der Waals surface area contributed by atoms with Crippen molar-refractivity contribution in [2.75, 3.05) is 4.90 Å². The second kappa shape index (κ2) is 9.86. The van der Waals surface area contributed by atoms with Gasteiger partial charge in [0, 0.05) is 33.8 Å². The van der Waals surface area contributed by atoms with Gasteiger partial charge in [0.15, 0.2) is 0 Å². The Morgan fingerprint density at radius 3 is 1.84 bits per heavy atom. The summed E-state index contributed by atoms with van der Waals surface area (Å²) >= 11 is 0. The molecule has 0 aliphatic heterocycles. The van der Waals surface area contributed by atoms with Crippen molar-refractivity contribution in [1.29, 1.82) is 0 Å². The Kier molecular flexibility index (Phi) is 5.54. The molecule has 0 saturated carbocycles. The average molecular weight is 562 g/mol. The minimum atomic E-state index is 0.876. The molecule has 2 nitrogen and oxygen atoms in total. The highest BCUT2D eigenvalue weighted by Gasteiger charge is 2.19. The lowest BCUT2D eigenvalue weighted by molar-refractivity contribution is 0.669. The van der Waals surface area contributed by atoms with Gasteiger partial charge in [-0.2, -0.15) is 0 Å². The van der Waals surface area contributed by atoms with E-state index in [-0.39, 0.29) is 0 Å². The van der Waals surface area contributed by atoms with E-state index >= 15 is 0 Å². The number of furan rings is 1. The number of anilines is 3. The highest BCUT2D eigenvalue weighted by molar-refractivity contribution is 6.12. The van der Waals surface area contributed by atoms with Crippen LogP contribution in [0.15, 0.2) is 168 Å². The molecule has 0 atom stereocenters. The van der Waals surface area contributed by atoms with Gasteiger partial charge in [-0.15, -0.1) is 0 Å². The fraction of sp³-hybridized carbons (Fsp3) is 0. The first-order valence-corrected chi connectivity index (χ1v) is 15.0. The molecule has 1 aromatic heterocycles. The molecule has 0 fully saturated rings. The van der Waals surface area contributed by atoms with E-state index in [1.54, 1.807) is 0 Å². The second-order valence-corrected chi connectivity index (χ2v) is 11.4. The van der Waals surface area contributed by atoms with Crippen LogP contribution in [0.25, 0.3) is 65.4 Å². The van der Waals surface area contributed by atoms with Crippen molar-refractivity contribution >= 4 is 71.3 Å². The Morgan fingerprint density at radius 2 is 0.977 bits per heavy atom. The summed E-state index contributed by atoms with van der Waals surface area (Å²) in [5.41, 5.74) is 7.38. The summed E-state index contributed by atoms with van der Waals surface area (Å²) < 4.78 is 6.54. The molecule has 2 heteroatoms. The lowest BCUT2D eigenvalue weighted by atomic mass is 9.99. The van der Waals surface area contributed by atoms with E-state index in [0.29, 0.717) is 0 Å². The zero-order valence-corrected chi connectivity index (χ0v) is 23.9. The third kappa shape index (κ3) is 3.96. The number of nitrogens with zero attached hydrogens (tertiary/aromatic N) is 1. The van der Waals surface area contributed by atoms with E-state index in [1.807, 2.05) is 0 Å². The van der Waals surface area contributed by atoms with Gasteiger partial charge in [-0.25, -0.2) is 0 Å². The van der Waals surface area contributed by atoms with Crippen LogP contribution in [0.1, 0.15) is 0 Å². The van der Waals surface area contributed by atoms with Crippen molar-refractivity contribution in [2.45, 2.75) is 0 Å². The zero-order chi connectivity index (χ0) is 29.0. The fourth-order valence-corrected chi connectivity index (χ4v) is 6.68. The van der Waals surface area contributed by atoms with Gasteiger partial charge in [-0.1, -0.05) is 115 Å². The van der Waals surface area contributed by atoms with Crippen LogP contribution in [0.4, 0.5) is 17.1 Å². The van der Waals surface area contributed by atoms with Crippen molar-refractivity contribution < 1.29 is 4.42 Å². The number of rotatable bonds is 4. The van der Waals surface area contributed by atoms with Crippen LogP contribution in [0, 0.1) is 0 Å². The molecule has 0 N–H and O–H groups in total. The second-order valence-electron chi connectivity index (χ2n) is 11.4. The van der Waals surface area contributed by atoms with E-state index in [1.165, 1.54) is 43.4 Å². The molecule has 0 aliphatic rings. The molecule has 0 aliphatic carbocycles. The van der Waals surface area contributed by atoms with Crippen molar-refractivity contribution in [1.82, 2.24) is 0 Å². The largest absolute Gasteiger partial charge is 0.456 e. The smallest absolute Gasteiger partial charge is 0.137 e. The normalized spacial score (nSPS) is 11.6. The standard InChI is InChI=1S/C42H27NO/c1-2-10-28(11-3-1)36-16-8-9-17-40(36)43(33-21-20-30-19-18-29-12-6-7-15-35(29)38(30)26-33)34-22-23-37-39-24-31-13-4-5-14-32(31)25-41(39)44-42(37)27-34/h1-27H. The van der Waals surface area contributed by atoms with Crippen LogP contribution < -0.4 is 4.90 Å². The molecule has 9 rings (SSSR count). The number of benzene rings is 8. The molecule has 0 radical (unpaired) electrons. The van der Waals surface area contributed by atoms with Crippen molar-refractivity contribution in [3.63, 3.8) is 0 Å². The predicted octanol–water partition coefficient (Wildman–Crippen LogP) is 12.2. The van der Waals surface area contributed by atoms with Gasteiger partial charge in [0.25, 0.3) is 0 Å². The van der Waals surface area contributed by atoms with E-state index < -0.39 is 0 Å². The Bertz CT molecular complexity index is 2510. The van der Waals surface area contributed by atoms with Crippen molar-refractivity contribution in [3.8, 4) is 11.1 Å². The summed E-state index contributed by atoms with van der Waals surface area (Å²) in [5.74, 6) is 0. The summed E-state index contributed by atoms with van der Waals surface area (Å²) in [6.45, 7) is 0. The Balaban J connectivity index is 1.30. The van der Waals surface area contributed by atoms with Crippen LogP contribution >= 0.6 is 0 Å². The number of hydrogen-bond acceptors (Lipinski definition) is 2. The van der Waals surface area contributed by atoms with Gasteiger partial charge in [0.05, 0.1) is 5.69 Å². The topological polar surface area (TPSA) is 16.4 Å². The highest BCUT2D eigenvalue weighted by Crippen LogP contribution is 2.44. The molecule has 9 aromatic rings. The summed E-state index contributed by atoms with van der Waals surface area (Å²) in [5, 5.41) is 9.61. The first-order valence-electron chi connectivity index (χ1n) is 15.0. The SMILES string of the molecule is c1ccc(-c2ccccc2N(c2ccc3c(c2)oc2cc4ccccc4cc23)c2ccc3ccc4ccccc4c3c2)cc1. The molecule has 0 amide bonds. The van der Waals surface area contributed by atoms with Gasteiger partial charge in [-0.3, -0.25) is 0 Å². The average Bonchev–Trinajstić information content (AvgIpc) is 3.44. The van der Waals surface area contributed by atoms with Crippen molar-refractivity contribution in [2.24, 2.45) is 0 Å². The quantitative estimate of drug-likeness (QED) is 0.199. The van der Waals surface area contributed by atoms with Crippen LogP contribution in [0.2, 0.25) is 0 Å². The molecule has 206 valence electrons. The maximum absolute atomic E-state index is 6.54. The fourth-order valence-electron chi connectivity index (χ4n) is 6.68. The maximum atomic E-state index is 6.54. The minimum absolute atomic E-state index is 0.876. The number of para-hydroxylation sites is 1. The van der Waals surface area contributed by atoms with Gasteiger partial charge < -0.3 is 9.32 Å². The van der Waals surface area contributed by atoms with E-state index in [9.17, 15) is 0 Å². The Morgan fingerprint density at radius 1 is 0.364 bits per heavy atom. The molecular formula is C42H27NO. The first kappa shape index (κ1) is 24.7. The summed E-state index contributed by atoms with van der Waals surface area (Å²) in [7, 11) is 0. The molecular weight excluding hydrogens is 534 g/mol. The van der Waals surface area contributed by atoms with Crippen LogP contribution in [-0.4, -0.2) is 0 Å². The lowest BCUT2D eigenvalue weighted by Gasteiger charge is -2.28. The Labute approximate surface area is 255 Å². The molecule has 8 aromatic carbocycles. The molecule has 0 spiro atoms. The third-order valence-electron chi connectivity index (χ3n) is 8.80. The minimum Gasteiger partial charge on any atom is -0.456 e. The first-order chi connectivity index (χ1) is 21.8. The third-order valence-corrected chi connectivity index (χ3v) is 8.80. The van der Waals surface area contributed by atoms with Gasteiger partial charge >= 0.3 is 0 Å². The van der Waals surface area contributed by atoms with Crippen molar-refractivity contribution in [3.05, 3.63) is 164 Å². The zero-order valence-electron chi connectivity index (χ0n) is 23.9. The Hall–Kier alpha value is -5.86. The molecule has 0 saturated heterocycles. The highest BCUT2D eigenvalue weighted by atomic mass is 16.3. The van der Waals surface area contributed by atoms with Crippen LogP contribution in [0.5, 0.6) is 0 Å². The maximum Gasteiger partial charge on any atom is 0.137 e. The van der Waals surface area contributed by atoms with Gasteiger partial charge in [0.1, 0.15) is 11.2 Å². The number of hydrogen-bond donors (Lipinski definition) is 0. The van der Waals surface area contributed by atoms with E-state index in [2.05, 4.69) is 169 Å². The molecule has 1 heterocycles. The van der Waals surface area contributed by atoms with Gasteiger partial charge in [0.2, 0.25) is 0 Å².